The summed E-state index contributed by atoms with van der Waals surface area (Å²) in [5.74, 6) is 0.194. The standard InChI is InChI=1S/C15H22N2O.C2H6/c1-15(8-10-17(2)11-9-15)14(18)16-12-13-6-4-3-5-7-13;1-2/h3-7H,8-12H2,1-2H3,(H,16,18);1-2H3. The normalized spacial score (nSPS) is 17.8. The minimum Gasteiger partial charge on any atom is -0.352 e. The zero-order valence-electron chi connectivity index (χ0n) is 13.3. The summed E-state index contributed by atoms with van der Waals surface area (Å²) >= 11 is 0. The highest BCUT2D eigenvalue weighted by Crippen LogP contribution is 2.30. The fourth-order valence-corrected chi connectivity index (χ4v) is 2.33. The summed E-state index contributed by atoms with van der Waals surface area (Å²) in [6.45, 7) is 8.73. The topological polar surface area (TPSA) is 32.3 Å². The van der Waals surface area contributed by atoms with Crippen molar-refractivity contribution in [2.24, 2.45) is 5.41 Å². The van der Waals surface area contributed by atoms with Crippen molar-refractivity contribution in [1.82, 2.24) is 10.2 Å². The van der Waals surface area contributed by atoms with Gasteiger partial charge >= 0.3 is 0 Å². The quantitative estimate of drug-likeness (QED) is 0.920. The molecule has 1 aromatic rings. The Labute approximate surface area is 123 Å². The molecule has 0 aromatic heterocycles. The summed E-state index contributed by atoms with van der Waals surface area (Å²) in [5.41, 5.74) is 0.962. The van der Waals surface area contributed by atoms with Crippen LogP contribution in [0.2, 0.25) is 0 Å². The van der Waals surface area contributed by atoms with Crippen LogP contribution in [-0.4, -0.2) is 30.9 Å². The first-order valence-corrected chi connectivity index (χ1v) is 7.61. The average molecular weight is 276 g/mol. The van der Waals surface area contributed by atoms with E-state index in [4.69, 9.17) is 0 Å². The Morgan fingerprint density at radius 2 is 1.75 bits per heavy atom. The van der Waals surface area contributed by atoms with Crippen LogP contribution in [-0.2, 0) is 11.3 Å². The minimum atomic E-state index is -0.193. The number of amides is 1. The third-order valence-corrected chi connectivity index (χ3v) is 3.93. The van der Waals surface area contributed by atoms with E-state index in [0.29, 0.717) is 6.54 Å². The molecule has 1 aliphatic rings. The number of rotatable bonds is 3. The molecule has 0 saturated carbocycles. The van der Waals surface area contributed by atoms with Crippen LogP contribution in [0.3, 0.4) is 0 Å². The van der Waals surface area contributed by atoms with Gasteiger partial charge in [-0.3, -0.25) is 4.79 Å². The molecule has 1 aliphatic heterocycles. The van der Waals surface area contributed by atoms with Crippen molar-refractivity contribution in [2.45, 2.75) is 40.2 Å². The smallest absolute Gasteiger partial charge is 0.226 e. The Bertz CT molecular complexity index is 395. The van der Waals surface area contributed by atoms with Crippen LogP contribution in [0.15, 0.2) is 30.3 Å². The zero-order chi connectivity index (χ0) is 15.0. The van der Waals surface area contributed by atoms with Gasteiger partial charge in [-0.05, 0) is 38.5 Å². The molecule has 0 spiro atoms. The van der Waals surface area contributed by atoms with Crippen LogP contribution in [0.1, 0.15) is 39.2 Å². The molecule has 1 fully saturated rings. The van der Waals surface area contributed by atoms with Crippen molar-refractivity contribution in [2.75, 3.05) is 20.1 Å². The van der Waals surface area contributed by atoms with Crippen molar-refractivity contribution in [1.29, 1.82) is 0 Å². The van der Waals surface area contributed by atoms with E-state index in [-0.39, 0.29) is 11.3 Å². The number of hydrogen-bond acceptors (Lipinski definition) is 2. The van der Waals surface area contributed by atoms with Crippen molar-refractivity contribution in [3.05, 3.63) is 35.9 Å². The Hall–Kier alpha value is -1.35. The van der Waals surface area contributed by atoms with Crippen molar-refractivity contribution in [3.63, 3.8) is 0 Å². The molecule has 112 valence electrons. The number of carbonyl (C=O) groups excluding carboxylic acids is 1. The van der Waals surface area contributed by atoms with E-state index >= 15 is 0 Å². The number of likely N-dealkylation sites (tertiary alicyclic amines) is 1. The first-order chi connectivity index (χ1) is 9.60. The lowest BCUT2D eigenvalue weighted by molar-refractivity contribution is -0.132. The van der Waals surface area contributed by atoms with Gasteiger partial charge in [0.1, 0.15) is 0 Å². The van der Waals surface area contributed by atoms with E-state index in [0.717, 1.165) is 31.5 Å². The first-order valence-electron chi connectivity index (χ1n) is 7.61. The Kier molecular flexibility index (Phi) is 6.73. The second-order valence-corrected chi connectivity index (χ2v) is 5.53. The van der Waals surface area contributed by atoms with Crippen molar-refractivity contribution in [3.8, 4) is 0 Å². The third kappa shape index (κ3) is 4.64. The van der Waals surface area contributed by atoms with Crippen LogP contribution in [0.5, 0.6) is 0 Å². The molecular formula is C17H28N2O. The van der Waals surface area contributed by atoms with Crippen LogP contribution < -0.4 is 5.32 Å². The van der Waals surface area contributed by atoms with Gasteiger partial charge in [-0.2, -0.15) is 0 Å². The zero-order valence-corrected chi connectivity index (χ0v) is 13.3. The van der Waals surface area contributed by atoms with E-state index in [9.17, 15) is 4.79 Å². The molecule has 3 heteroatoms. The highest BCUT2D eigenvalue weighted by molar-refractivity contribution is 5.82. The summed E-state index contributed by atoms with van der Waals surface area (Å²) in [5, 5.41) is 3.07. The van der Waals surface area contributed by atoms with Gasteiger partial charge in [0.15, 0.2) is 0 Å². The van der Waals surface area contributed by atoms with Gasteiger partial charge in [0, 0.05) is 12.0 Å². The molecule has 0 bridgehead atoms. The van der Waals surface area contributed by atoms with Gasteiger partial charge < -0.3 is 10.2 Å². The Morgan fingerprint density at radius 1 is 1.20 bits per heavy atom. The maximum Gasteiger partial charge on any atom is 0.226 e. The third-order valence-electron chi connectivity index (χ3n) is 3.93. The van der Waals surface area contributed by atoms with Gasteiger partial charge in [0.25, 0.3) is 0 Å². The lowest BCUT2D eigenvalue weighted by atomic mass is 9.79. The molecule has 0 unspecified atom stereocenters. The second-order valence-electron chi connectivity index (χ2n) is 5.53. The molecule has 1 heterocycles. The van der Waals surface area contributed by atoms with Crippen molar-refractivity contribution < 1.29 is 4.79 Å². The number of piperidine rings is 1. The van der Waals surface area contributed by atoms with Crippen molar-refractivity contribution >= 4 is 5.91 Å². The molecule has 3 nitrogen and oxygen atoms in total. The molecule has 1 N–H and O–H groups in total. The van der Waals surface area contributed by atoms with Gasteiger partial charge in [-0.25, -0.2) is 0 Å². The minimum absolute atomic E-state index is 0.193. The van der Waals surface area contributed by atoms with Crippen LogP contribution in [0.4, 0.5) is 0 Å². The number of nitrogens with zero attached hydrogens (tertiary/aromatic N) is 1. The largest absolute Gasteiger partial charge is 0.352 e. The van der Waals surface area contributed by atoms with E-state index in [1.165, 1.54) is 0 Å². The molecule has 1 saturated heterocycles. The van der Waals surface area contributed by atoms with E-state index in [2.05, 4.69) is 24.2 Å². The lowest BCUT2D eigenvalue weighted by Crippen LogP contribution is -2.46. The van der Waals surface area contributed by atoms with Crippen LogP contribution >= 0.6 is 0 Å². The molecule has 2 rings (SSSR count). The molecule has 1 amide bonds. The maximum atomic E-state index is 12.3. The first kappa shape index (κ1) is 16.7. The fourth-order valence-electron chi connectivity index (χ4n) is 2.33. The Morgan fingerprint density at radius 3 is 2.30 bits per heavy atom. The van der Waals surface area contributed by atoms with E-state index in [1.807, 2.05) is 44.2 Å². The lowest BCUT2D eigenvalue weighted by Gasteiger charge is -2.36. The highest BCUT2D eigenvalue weighted by Gasteiger charge is 2.35. The van der Waals surface area contributed by atoms with Gasteiger partial charge in [-0.1, -0.05) is 51.1 Å². The van der Waals surface area contributed by atoms with Crippen LogP contribution in [0, 0.1) is 5.41 Å². The summed E-state index contributed by atoms with van der Waals surface area (Å²) in [6.07, 6.45) is 1.90. The molecule has 0 radical (unpaired) electrons. The molecule has 0 atom stereocenters. The summed E-state index contributed by atoms with van der Waals surface area (Å²) in [7, 11) is 2.11. The van der Waals surface area contributed by atoms with E-state index in [1.54, 1.807) is 0 Å². The summed E-state index contributed by atoms with van der Waals surface area (Å²) < 4.78 is 0. The average Bonchev–Trinajstić information content (AvgIpc) is 2.51. The summed E-state index contributed by atoms with van der Waals surface area (Å²) in [4.78, 5) is 14.6. The van der Waals surface area contributed by atoms with Gasteiger partial charge in [0.05, 0.1) is 0 Å². The number of nitrogens with one attached hydrogen (secondary N) is 1. The fraction of sp³-hybridized carbons (Fsp3) is 0.588. The Balaban J connectivity index is 0.000000956. The predicted octanol–water partition coefficient (Wildman–Crippen LogP) is 3.06. The van der Waals surface area contributed by atoms with Gasteiger partial charge in [-0.15, -0.1) is 0 Å². The number of carbonyl (C=O) groups is 1. The van der Waals surface area contributed by atoms with Crippen LogP contribution in [0.25, 0.3) is 0 Å². The predicted molar refractivity (Wildman–Crippen MR) is 84.5 cm³/mol. The maximum absolute atomic E-state index is 12.3. The second kappa shape index (κ2) is 8.05. The highest BCUT2D eigenvalue weighted by atomic mass is 16.2. The number of hydrogen-bond donors (Lipinski definition) is 1. The molecule has 0 aliphatic carbocycles. The van der Waals surface area contributed by atoms with E-state index < -0.39 is 0 Å². The van der Waals surface area contributed by atoms with Gasteiger partial charge in [0.2, 0.25) is 5.91 Å². The monoisotopic (exact) mass is 276 g/mol. The SMILES string of the molecule is CC.CN1CCC(C)(C(=O)NCc2ccccc2)CC1. The molecule has 20 heavy (non-hydrogen) atoms. The molecule has 1 aromatic carbocycles. The number of benzene rings is 1. The molecular weight excluding hydrogens is 248 g/mol. The summed E-state index contributed by atoms with van der Waals surface area (Å²) in [6, 6.07) is 10.1.